The van der Waals surface area contributed by atoms with E-state index in [0.717, 1.165) is 37.1 Å². The van der Waals surface area contributed by atoms with E-state index in [1.54, 1.807) is 0 Å². The zero-order valence-electron chi connectivity index (χ0n) is 15.6. The number of para-hydroxylation sites is 1. The van der Waals surface area contributed by atoms with Gasteiger partial charge in [-0.3, -0.25) is 4.79 Å². The minimum Gasteiger partial charge on any atom is -0.372 e. The van der Waals surface area contributed by atoms with Crippen molar-refractivity contribution >= 4 is 28.2 Å². The summed E-state index contributed by atoms with van der Waals surface area (Å²) in [4.78, 5) is 17.8. The van der Waals surface area contributed by atoms with E-state index in [9.17, 15) is 4.79 Å². The van der Waals surface area contributed by atoms with E-state index in [4.69, 9.17) is 0 Å². The summed E-state index contributed by atoms with van der Waals surface area (Å²) >= 11 is 0. The van der Waals surface area contributed by atoms with Gasteiger partial charge in [0.05, 0.1) is 0 Å². The molecule has 0 saturated carbocycles. The van der Waals surface area contributed by atoms with Crippen molar-refractivity contribution in [3.63, 3.8) is 0 Å². The smallest absolute Gasteiger partial charge is 0.224 e. The normalized spacial score (nSPS) is 10.8. The minimum absolute atomic E-state index is 0.0698. The molecule has 2 aromatic carbocycles. The molecular formula is C22H27N3O. The molecule has 0 unspecified atom stereocenters. The molecule has 0 aliphatic heterocycles. The molecule has 4 nitrogen and oxygen atoms in total. The van der Waals surface area contributed by atoms with Gasteiger partial charge in [0.15, 0.2) is 0 Å². The van der Waals surface area contributed by atoms with E-state index in [2.05, 4.69) is 59.5 Å². The number of rotatable bonds is 8. The number of carbonyl (C=O) groups is 1. The summed E-state index contributed by atoms with van der Waals surface area (Å²) in [6.07, 6.45) is 4.31. The molecule has 0 aliphatic carbocycles. The number of nitrogens with zero attached hydrogens (tertiary/aromatic N) is 1. The quantitative estimate of drug-likeness (QED) is 0.603. The van der Waals surface area contributed by atoms with Gasteiger partial charge in [-0.15, -0.1) is 0 Å². The molecule has 0 spiro atoms. The number of amides is 1. The van der Waals surface area contributed by atoms with Crippen molar-refractivity contribution in [2.45, 2.75) is 33.1 Å². The molecule has 0 radical (unpaired) electrons. The number of hydrogen-bond acceptors (Lipinski definition) is 2. The van der Waals surface area contributed by atoms with E-state index in [-0.39, 0.29) is 5.91 Å². The molecule has 1 aromatic heterocycles. The Bertz CT molecular complexity index is 847. The SMILES string of the molecule is CCN(CC)c1ccc(NC(=O)CCCc2c[nH]c3ccccc23)cc1. The predicted octanol–water partition coefficient (Wildman–Crippen LogP) is 4.98. The second kappa shape index (κ2) is 8.56. The van der Waals surface area contributed by atoms with E-state index < -0.39 is 0 Å². The van der Waals surface area contributed by atoms with Crippen LogP contribution in [0.5, 0.6) is 0 Å². The fraction of sp³-hybridized carbons (Fsp3) is 0.318. The highest BCUT2D eigenvalue weighted by Crippen LogP contribution is 2.20. The maximum atomic E-state index is 12.2. The van der Waals surface area contributed by atoms with Crippen molar-refractivity contribution < 1.29 is 4.79 Å². The van der Waals surface area contributed by atoms with Crippen LogP contribution < -0.4 is 10.2 Å². The monoisotopic (exact) mass is 349 g/mol. The number of hydrogen-bond donors (Lipinski definition) is 2. The number of anilines is 2. The molecule has 0 aliphatic rings. The summed E-state index contributed by atoms with van der Waals surface area (Å²) in [6.45, 7) is 6.26. The molecule has 136 valence electrons. The van der Waals surface area contributed by atoms with Gasteiger partial charge in [-0.1, -0.05) is 18.2 Å². The molecule has 0 atom stereocenters. The Labute approximate surface area is 155 Å². The number of aryl methyl sites for hydroxylation is 1. The van der Waals surface area contributed by atoms with Crippen molar-refractivity contribution in [3.8, 4) is 0 Å². The molecule has 3 aromatic rings. The molecule has 1 amide bonds. The number of H-pyrrole nitrogens is 1. The lowest BCUT2D eigenvalue weighted by atomic mass is 10.1. The summed E-state index contributed by atoms with van der Waals surface area (Å²) in [7, 11) is 0. The van der Waals surface area contributed by atoms with Crippen LogP contribution in [0, 0.1) is 0 Å². The van der Waals surface area contributed by atoms with E-state index in [1.807, 2.05) is 24.3 Å². The molecule has 0 saturated heterocycles. The van der Waals surface area contributed by atoms with Crippen LogP contribution in [0.25, 0.3) is 10.9 Å². The molecule has 1 heterocycles. The van der Waals surface area contributed by atoms with Crippen molar-refractivity contribution in [2.75, 3.05) is 23.3 Å². The van der Waals surface area contributed by atoms with Crippen LogP contribution in [-0.2, 0) is 11.2 Å². The van der Waals surface area contributed by atoms with Crippen molar-refractivity contribution in [1.29, 1.82) is 0 Å². The van der Waals surface area contributed by atoms with Gasteiger partial charge in [0.1, 0.15) is 0 Å². The van der Waals surface area contributed by atoms with Crippen LogP contribution in [0.2, 0.25) is 0 Å². The Morgan fingerprint density at radius 1 is 1.04 bits per heavy atom. The van der Waals surface area contributed by atoms with Gasteiger partial charge in [-0.05, 0) is 62.6 Å². The largest absolute Gasteiger partial charge is 0.372 e. The minimum atomic E-state index is 0.0698. The first-order chi connectivity index (χ1) is 12.7. The highest BCUT2D eigenvalue weighted by Gasteiger charge is 2.07. The number of benzene rings is 2. The van der Waals surface area contributed by atoms with Crippen molar-refractivity contribution in [3.05, 3.63) is 60.3 Å². The third-order valence-corrected chi connectivity index (χ3v) is 4.80. The van der Waals surface area contributed by atoms with E-state index >= 15 is 0 Å². The van der Waals surface area contributed by atoms with Crippen molar-refractivity contribution in [1.82, 2.24) is 4.98 Å². The zero-order valence-corrected chi connectivity index (χ0v) is 15.6. The molecule has 0 fully saturated rings. The van der Waals surface area contributed by atoms with Gasteiger partial charge >= 0.3 is 0 Å². The van der Waals surface area contributed by atoms with Crippen LogP contribution in [0.3, 0.4) is 0 Å². The molecule has 0 bridgehead atoms. The Kier molecular flexibility index (Phi) is 5.95. The second-order valence-electron chi connectivity index (χ2n) is 6.48. The van der Waals surface area contributed by atoms with Gasteiger partial charge in [-0.25, -0.2) is 0 Å². The lowest BCUT2D eigenvalue weighted by Gasteiger charge is -2.21. The number of carbonyl (C=O) groups excluding carboxylic acids is 1. The van der Waals surface area contributed by atoms with Crippen molar-refractivity contribution in [2.24, 2.45) is 0 Å². The lowest BCUT2D eigenvalue weighted by Crippen LogP contribution is -2.21. The molecule has 26 heavy (non-hydrogen) atoms. The van der Waals surface area contributed by atoms with Gasteiger partial charge in [0.25, 0.3) is 0 Å². The zero-order chi connectivity index (χ0) is 18.4. The number of fused-ring (bicyclic) bond motifs is 1. The Hall–Kier alpha value is -2.75. The predicted molar refractivity (Wildman–Crippen MR) is 110 cm³/mol. The average Bonchev–Trinajstić information content (AvgIpc) is 3.07. The third kappa shape index (κ3) is 4.26. The number of nitrogens with one attached hydrogen (secondary N) is 2. The molecule has 4 heteroatoms. The van der Waals surface area contributed by atoms with Gasteiger partial charge in [-0.2, -0.15) is 0 Å². The maximum absolute atomic E-state index is 12.2. The first kappa shape index (κ1) is 18.1. The fourth-order valence-corrected chi connectivity index (χ4v) is 3.35. The summed E-state index contributed by atoms with van der Waals surface area (Å²) in [5, 5.41) is 4.25. The van der Waals surface area contributed by atoms with Crippen LogP contribution >= 0.6 is 0 Å². The van der Waals surface area contributed by atoms with E-state index in [0.29, 0.717) is 6.42 Å². The van der Waals surface area contributed by atoms with Gasteiger partial charge in [0.2, 0.25) is 5.91 Å². The topological polar surface area (TPSA) is 48.1 Å². The Balaban J connectivity index is 1.49. The van der Waals surface area contributed by atoms with Gasteiger partial charge < -0.3 is 15.2 Å². The number of aromatic nitrogens is 1. The standard InChI is InChI=1S/C22H27N3O/c1-3-25(4-2)19-14-12-18(13-15-19)24-22(26)11-7-8-17-16-23-21-10-6-5-9-20(17)21/h5-6,9-10,12-16,23H,3-4,7-8,11H2,1-2H3,(H,24,26). The second-order valence-corrected chi connectivity index (χ2v) is 6.48. The molecule has 2 N–H and O–H groups in total. The fourth-order valence-electron chi connectivity index (χ4n) is 3.35. The summed E-state index contributed by atoms with van der Waals surface area (Å²) in [6, 6.07) is 16.4. The maximum Gasteiger partial charge on any atom is 0.224 e. The Morgan fingerprint density at radius 2 is 1.77 bits per heavy atom. The molecular weight excluding hydrogens is 322 g/mol. The highest BCUT2D eigenvalue weighted by atomic mass is 16.1. The summed E-state index contributed by atoms with van der Waals surface area (Å²) in [5.41, 5.74) is 4.47. The number of aromatic amines is 1. The highest BCUT2D eigenvalue weighted by molar-refractivity contribution is 5.91. The average molecular weight is 349 g/mol. The summed E-state index contributed by atoms with van der Waals surface area (Å²) < 4.78 is 0. The van der Waals surface area contributed by atoms with Crippen LogP contribution in [-0.4, -0.2) is 24.0 Å². The lowest BCUT2D eigenvalue weighted by molar-refractivity contribution is -0.116. The van der Waals surface area contributed by atoms with Crippen LogP contribution in [0.1, 0.15) is 32.3 Å². The summed E-state index contributed by atoms with van der Waals surface area (Å²) in [5.74, 6) is 0.0698. The molecule has 3 rings (SSSR count). The first-order valence-electron chi connectivity index (χ1n) is 9.41. The first-order valence-corrected chi connectivity index (χ1v) is 9.41. The third-order valence-electron chi connectivity index (χ3n) is 4.80. The van der Waals surface area contributed by atoms with Crippen LogP contribution in [0.4, 0.5) is 11.4 Å². The Morgan fingerprint density at radius 3 is 2.50 bits per heavy atom. The van der Waals surface area contributed by atoms with Gasteiger partial charge in [0, 0.05) is 48.0 Å². The van der Waals surface area contributed by atoms with E-state index in [1.165, 1.54) is 16.6 Å². The van der Waals surface area contributed by atoms with Crippen LogP contribution in [0.15, 0.2) is 54.7 Å².